The van der Waals surface area contributed by atoms with Crippen molar-refractivity contribution in [3.05, 3.63) is 51.5 Å². The number of likely N-dealkylation sites (N-methyl/N-ethyl adjacent to an activating group) is 1. The predicted molar refractivity (Wildman–Crippen MR) is 115 cm³/mol. The third-order valence-corrected chi connectivity index (χ3v) is 6.06. The van der Waals surface area contributed by atoms with Crippen LogP contribution in [0.5, 0.6) is 0 Å². The molecule has 28 heavy (non-hydrogen) atoms. The van der Waals surface area contributed by atoms with Crippen molar-refractivity contribution in [1.29, 1.82) is 0 Å². The number of rotatable bonds is 6. The molecule has 1 atom stereocenters. The van der Waals surface area contributed by atoms with Gasteiger partial charge in [0.2, 0.25) is 5.91 Å². The van der Waals surface area contributed by atoms with E-state index in [4.69, 9.17) is 0 Å². The molecular formula is C21H29N5OS. The molecule has 2 N–H and O–H groups in total. The quantitative estimate of drug-likeness (QED) is 0.578. The second kappa shape index (κ2) is 9.68. The van der Waals surface area contributed by atoms with Crippen LogP contribution in [0.4, 0.5) is 0 Å². The maximum atomic E-state index is 12.0. The molecule has 150 valence electrons. The van der Waals surface area contributed by atoms with Crippen molar-refractivity contribution < 1.29 is 4.79 Å². The number of nitrogens with zero attached hydrogens (tertiary/aromatic N) is 3. The molecule has 3 rings (SSSR count). The third kappa shape index (κ3) is 5.55. The molecule has 0 saturated heterocycles. The average Bonchev–Trinajstić information content (AvgIpc) is 3.17. The Morgan fingerprint density at radius 2 is 2.11 bits per heavy atom. The van der Waals surface area contributed by atoms with Gasteiger partial charge in [-0.25, -0.2) is 9.98 Å². The minimum atomic E-state index is -0.0161. The van der Waals surface area contributed by atoms with Gasteiger partial charge in [0.05, 0.1) is 6.54 Å². The van der Waals surface area contributed by atoms with Crippen molar-refractivity contribution in [2.24, 2.45) is 4.99 Å². The number of amides is 1. The summed E-state index contributed by atoms with van der Waals surface area (Å²) in [5.74, 6) is 0.658. The molecule has 1 amide bonds. The van der Waals surface area contributed by atoms with Crippen molar-refractivity contribution >= 4 is 23.2 Å². The Kier molecular flexibility index (Phi) is 7.03. The van der Waals surface area contributed by atoms with Crippen LogP contribution in [0.2, 0.25) is 0 Å². The number of thiazole rings is 1. The lowest BCUT2D eigenvalue weighted by molar-refractivity contribution is -0.127. The molecule has 1 aliphatic carbocycles. The Labute approximate surface area is 171 Å². The van der Waals surface area contributed by atoms with Crippen LogP contribution in [0.15, 0.2) is 35.5 Å². The van der Waals surface area contributed by atoms with Gasteiger partial charge in [0.15, 0.2) is 5.96 Å². The number of carbonyl (C=O) groups is 1. The van der Waals surface area contributed by atoms with E-state index in [1.807, 2.05) is 6.20 Å². The standard InChI is InChI=1S/C21H29N5OS/c1-4-18-12-22-19(28-18)13-23-21(24-14-20(27)26(2)3)25-17-10-9-15-7-5-6-8-16(15)11-17/h5-8,12,17H,4,9-11,13-14H2,1-3H3,(H2,23,24,25). The van der Waals surface area contributed by atoms with Crippen molar-refractivity contribution in [3.8, 4) is 0 Å². The maximum absolute atomic E-state index is 12.0. The van der Waals surface area contributed by atoms with Gasteiger partial charge in [0.25, 0.3) is 0 Å². The summed E-state index contributed by atoms with van der Waals surface area (Å²) in [4.78, 5) is 23.8. The first-order valence-corrected chi connectivity index (χ1v) is 10.6. The normalized spacial score (nSPS) is 16.4. The number of aliphatic imine (C=N–C) groups is 1. The minimum absolute atomic E-state index is 0.0161. The molecule has 1 aliphatic rings. The fourth-order valence-corrected chi connectivity index (χ4v) is 4.01. The third-order valence-electron chi connectivity index (χ3n) is 4.92. The second-order valence-electron chi connectivity index (χ2n) is 7.23. The number of carbonyl (C=O) groups excluding carboxylic acids is 1. The highest BCUT2D eigenvalue weighted by Crippen LogP contribution is 2.21. The first-order valence-electron chi connectivity index (χ1n) is 9.80. The number of hydrogen-bond acceptors (Lipinski definition) is 4. The monoisotopic (exact) mass is 399 g/mol. The Morgan fingerprint density at radius 1 is 1.32 bits per heavy atom. The molecule has 0 fully saturated rings. The van der Waals surface area contributed by atoms with Crippen molar-refractivity contribution in [1.82, 2.24) is 20.5 Å². The first kappa shape index (κ1) is 20.3. The van der Waals surface area contributed by atoms with Gasteiger partial charge in [-0.3, -0.25) is 4.79 Å². The van der Waals surface area contributed by atoms with E-state index in [0.29, 0.717) is 18.5 Å². The highest BCUT2D eigenvalue weighted by Gasteiger charge is 2.19. The Morgan fingerprint density at radius 3 is 2.82 bits per heavy atom. The molecule has 7 heteroatoms. The zero-order valence-corrected chi connectivity index (χ0v) is 17.7. The molecule has 0 bridgehead atoms. The average molecular weight is 400 g/mol. The highest BCUT2D eigenvalue weighted by molar-refractivity contribution is 7.11. The van der Waals surface area contributed by atoms with Crippen molar-refractivity contribution in [3.63, 3.8) is 0 Å². The van der Waals surface area contributed by atoms with E-state index in [-0.39, 0.29) is 12.5 Å². The second-order valence-corrected chi connectivity index (χ2v) is 8.43. The van der Waals surface area contributed by atoms with Gasteiger partial charge in [-0.05, 0) is 36.8 Å². The van der Waals surface area contributed by atoms with E-state index in [2.05, 4.69) is 51.8 Å². The lowest BCUT2D eigenvalue weighted by atomic mass is 9.88. The van der Waals surface area contributed by atoms with Crippen molar-refractivity contribution in [2.75, 3.05) is 20.6 Å². The van der Waals surface area contributed by atoms with Crippen LogP contribution >= 0.6 is 11.3 Å². The number of aryl methyl sites for hydroxylation is 2. The number of fused-ring (bicyclic) bond motifs is 1. The fraction of sp³-hybridized carbons (Fsp3) is 0.476. The van der Waals surface area contributed by atoms with Crippen LogP contribution in [0.3, 0.4) is 0 Å². The zero-order chi connectivity index (χ0) is 19.9. The first-order chi connectivity index (χ1) is 13.5. The summed E-state index contributed by atoms with van der Waals surface area (Å²) in [5, 5.41) is 7.91. The van der Waals surface area contributed by atoms with E-state index in [1.165, 1.54) is 16.0 Å². The molecule has 1 aromatic heterocycles. The highest BCUT2D eigenvalue weighted by atomic mass is 32.1. The van der Waals surface area contributed by atoms with Gasteiger partial charge >= 0.3 is 0 Å². The summed E-state index contributed by atoms with van der Waals surface area (Å²) in [6, 6.07) is 8.91. The zero-order valence-electron chi connectivity index (χ0n) is 16.9. The van der Waals surface area contributed by atoms with E-state index in [9.17, 15) is 4.79 Å². The molecule has 0 radical (unpaired) electrons. The van der Waals surface area contributed by atoms with E-state index in [0.717, 1.165) is 30.7 Å². The summed E-state index contributed by atoms with van der Waals surface area (Å²) in [6.07, 6.45) is 6.01. The van der Waals surface area contributed by atoms with Gasteiger partial charge in [0.1, 0.15) is 11.6 Å². The molecular weight excluding hydrogens is 370 g/mol. The van der Waals surface area contributed by atoms with Gasteiger partial charge in [0, 0.05) is 31.2 Å². The predicted octanol–water partition coefficient (Wildman–Crippen LogP) is 2.39. The van der Waals surface area contributed by atoms with Crippen molar-refractivity contribution in [2.45, 2.75) is 45.2 Å². The van der Waals surface area contributed by atoms with Gasteiger partial charge in [-0.1, -0.05) is 31.2 Å². The van der Waals surface area contributed by atoms with Crippen LogP contribution in [0.25, 0.3) is 0 Å². The summed E-state index contributed by atoms with van der Waals surface area (Å²) >= 11 is 1.71. The lowest BCUT2D eigenvalue weighted by Gasteiger charge is -2.27. The van der Waals surface area contributed by atoms with Gasteiger partial charge in [-0.2, -0.15) is 0 Å². The molecule has 0 saturated carbocycles. The Balaban J connectivity index is 1.65. The number of benzene rings is 1. The van der Waals surface area contributed by atoms with E-state index >= 15 is 0 Å². The number of guanidine groups is 1. The number of hydrogen-bond donors (Lipinski definition) is 2. The number of aromatic nitrogens is 1. The van der Waals surface area contributed by atoms with E-state index < -0.39 is 0 Å². The number of nitrogens with one attached hydrogen (secondary N) is 2. The largest absolute Gasteiger partial charge is 0.353 e. The molecule has 6 nitrogen and oxygen atoms in total. The molecule has 1 unspecified atom stereocenters. The summed E-state index contributed by atoms with van der Waals surface area (Å²) < 4.78 is 0. The molecule has 1 heterocycles. The minimum Gasteiger partial charge on any atom is -0.353 e. The van der Waals surface area contributed by atoms with E-state index in [1.54, 1.807) is 30.3 Å². The Bertz CT molecular complexity index is 830. The van der Waals surface area contributed by atoms with Gasteiger partial charge in [-0.15, -0.1) is 11.3 Å². The van der Waals surface area contributed by atoms with Crippen LogP contribution in [0, 0.1) is 0 Å². The van der Waals surface area contributed by atoms with Crippen LogP contribution < -0.4 is 10.6 Å². The van der Waals surface area contributed by atoms with Crippen LogP contribution in [-0.4, -0.2) is 48.4 Å². The lowest BCUT2D eigenvalue weighted by Crippen LogP contribution is -2.46. The molecule has 2 aromatic rings. The smallest absolute Gasteiger partial charge is 0.243 e. The molecule has 0 spiro atoms. The SMILES string of the molecule is CCc1cnc(CNC(=NCC(=O)N(C)C)NC2CCc3ccccc3C2)s1. The summed E-state index contributed by atoms with van der Waals surface area (Å²) in [7, 11) is 3.50. The Hall–Kier alpha value is -2.41. The molecule has 1 aromatic carbocycles. The van der Waals surface area contributed by atoms with Gasteiger partial charge < -0.3 is 15.5 Å². The molecule has 0 aliphatic heterocycles. The summed E-state index contributed by atoms with van der Waals surface area (Å²) in [5.41, 5.74) is 2.83. The topological polar surface area (TPSA) is 69.6 Å². The van der Waals surface area contributed by atoms with Crippen LogP contribution in [0.1, 0.15) is 34.4 Å². The maximum Gasteiger partial charge on any atom is 0.243 e. The van der Waals surface area contributed by atoms with Crippen LogP contribution in [-0.2, 0) is 30.6 Å². The fourth-order valence-electron chi connectivity index (χ4n) is 3.21. The summed E-state index contributed by atoms with van der Waals surface area (Å²) in [6.45, 7) is 2.87.